The van der Waals surface area contributed by atoms with Crippen molar-refractivity contribution >= 4 is 34.8 Å². The number of hydrogen-bond acceptors (Lipinski definition) is 8. The van der Waals surface area contributed by atoms with Crippen LogP contribution in [0, 0.1) is 10.6 Å². The molecule has 4 heterocycles. The molecule has 2 aromatic carbocycles. The van der Waals surface area contributed by atoms with Gasteiger partial charge in [-0.1, -0.05) is 0 Å². The summed E-state index contributed by atoms with van der Waals surface area (Å²) >= 11 is 5.91. The number of benzene rings is 2. The predicted molar refractivity (Wildman–Crippen MR) is 167 cm³/mol. The number of halogens is 1. The van der Waals surface area contributed by atoms with Crippen molar-refractivity contribution in [2.24, 2.45) is 0 Å². The average molecular weight is 616 g/mol. The highest BCUT2D eigenvalue weighted by Crippen LogP contribution is 2.27. The fraction of sp³-hybridized carbons (Fsp3) is 0.258. The Kier molecular flexibility index (Phi) is 7.97. The Hall–Kier alpha value is -4.88. The summed E-state index contributed by atoms with van der Waals surface area (Å²) in [6.45, 7) is 5.04. The minimum absolute atomic E-state index is 0.0541. The van der Waals surface area contributed by atoms with Gasteiger partial charge >= 0.3 is 5.97 Å². The zero-order valence-electron chi connectivity index (χ0n) is 24.2. The first kappa shape index (κ1) is 29.2. The normalized spacial score (nSPS) is 13.8. The van der Waals surface area contributed by atoms with Crippen molar-refractivity contribution in [3.8, 4) is 22.8 Å². The number of hydrogen-bond donors (Lipinski definition) is 1. The molecular weight excluding hydrogens is 585 g/mol. The molecule has 0 radical (unpaired) electrons. The van der Waals surface area contributed by atoms with Gasteiger partial charge in [-0.15, -0.1) is 5.10 Å². The number of piperazine rings is 1. The maximum absolute atomic E-state index is 15.4. The fourth-order valence-corrected chi connectivity index (χ4v) is 5.82. The second kappa shape index (κ2) is 12.0. The van der Waals surface area contributed by atoms with Gasteiger partial charge in [-0.05, 0) is 67.7 Å². The molecule has 0 saturated carbocycles. The number of carboxylic acids is 1. The molecule has 226 valence electrons. The Balaban J connectivity index is 1.25. The molecule has 3 aromatic heterocycles. The Morgan fingerprint density at radius 1 is 1.07 bits per heavy atom. The number of fused-ring (bicyclic) bond motifs is 1. The van der Waals surface area contributed by atoms with E-state index in [0.717, 1.165) is 23.1 Å². The number of rotatable bonds is 8. The van der Waals surface area contributed by atoms with Crippen LogP contribution in [0.3, 0.4) is 0 Å². The van der Waals surface area contributed by atoms with E-state index in [1.165, 1.54) is 6.20 Å². The van der Waals surface area contributed by atoms with E-state index in [1.54, 1.807) is 34.8 Å². The Morgan fingerprint density at radius 2 is 1.77 bits per heavy atom. The van der Waals surface area contributed by atoms with E-state index >= 15 is 4.39 Å². The van der Waals surface area contributed by atoms with Gasteiger partial charge in [0, 0.05) is 62.3 Å². The number of methoxy groups -OCH3 is 1. The average Bonchev–Trinajstić information content (AvgIpc) is 3.37. The number of aryl methyl sites for hydroxylation is 1. The summed E-state index contributed by atoms with van der Waals surface area (Å²) in [6.07, 6.45) is 4.75. The number of carboxylic acid groups (broad SMARTS) is 1. The third-order valence-corrected chi connectivity index (χ3v) is 8.27. The lowest BCUT2D eigenvalue weighted by Gasteiger charge is -2.36. The summed E-state index contributed by atoms with van der Waals surface area (Å²) in [7, 11) is 1.62. The first-order chi connectivity index (χ1) is 21.3. The van der Waals surface area contributed by atoms with Crippen molar-refractivity contribution in [3.05, 3.63) is 93.5 Å². The maximum atomic E-state index is 15.4. The van der Waals surface area contributed by atoms with Crippen LogP contribution in [0.5, 0.6) is 5.75 Å². The Bertz CT molecular complexity index is 1960. The van der Waals surface area contributed by atoms with Gasteiger partial charge in [0.1, 0.15) is 17.1 Å². The van der Waals surface area contributed by atoms with Crippen LogP contribution in [0.2, 0.25) is 0 Å². The van der Waals surface area contributed by atoms with Crippen LogP contribution in [0.4, 0.5) is 10.1 Å². The SMILES string of the molecule is CCn1cc(C(=O)O)c(=O)c2cc(F)c(N3CCN(Cn4nc(-c5ccncc5)n(-c5ccc(OC)cc5)c4=S)CC3)cc21. The third kappa shape index (κ3) is 5.35. The molecule has 5 aromatic rings. The molecule has 0 aliphatic carbocycles. The summed E-state index contributed by atoms with van der Waals surface area (Å²) in [4.78, 5) is 32.6. The molecule has 1 saturated heterocycles. The molecule has 0 atom stereocenters. The predicted octanol–water partition coefficient (Wildman–Crippen LogP) is 4.43. The van der Waals surface area contributed by atoms with Crippen molar-refractivity contribution in [1.82, 2.24) is 28.8 Å². The molecule has 0 bridgehead atoms. The van der Waals surface area contributed by atoms with Crippen LogP contribution in [0.1, 0.15) is 17.3 Å². The Labute approximate surface area is 257 Å². The summed E-state index contributed by atoms with van der Waals surface area (Å²) in [5.74, 6) is -0.466. The van der Waals surface area contributed by atoms with Gasteiger partial charge in [0.15, 0.2) is 5.82 Å². The molecule has 44 heavy (non-hydrogen) atoms. The lowest BCUT2D eigenvalue weighted by molar-refractivity contribution is 0.0695. The molecule has 1 N–H and O–H groups in total. The number of pyridine rings is 2. The molecule has 1 aliphatic heterocycles. The van der Waals surface area contributed by atoms with E-state index < -0.39 is 17.2 Å². The van der Waals surface area contributed by atoms with Gasteiger partial charge in [-0.3, -0.25) is 19.2 Å². The highest BCUT2D eigenvalue weighted by atomic mass is 32.1. The molecule has 11 nitrogen and oxygen atoms in total. The zero-order chi connectivity index (χ0) is 31.0. The first-order valence-electron chi connectivity index (χ1n) is 14.1. The summed E-state index contributed by atoms with van der Waals surface area (Å²) < 4.78 is 26.6. The van der Waals surface area contributed by atoms with Crippen LogP contribution in [0.25, 0.3) is 28.0 Å². The molecule has 0 spiro atoms. The van der Waals surface area contributed by atoms with Gasteiger partial charge in [0.05, 0.1) is 30.7 Å². The van der Waals surface area contributed by atoms with Crippen molar-refractivity contribution in [2.75, 3.05) is 38.2 Å². The van der Waals surface area contributed by atoms with Crippen LogP contribution in [-0.4, -0.2) is 73.2 Å². The number of anilines is 1. The molecule has 1 fully saturated rings. The third-order valence-electron chi connectivity index (χ3n) is 7.88. The van der Waals surface area contributed by atoms with Crippen molar-refractivity contribution in [1.29, 1.82) is 0 Å². The quantitative estimate of drug-likeness (QED) is 0.254. The van der Waals surface area contributed by atoms with Gasteiger partial charge in [-0.25, -0.2) is 13.9 Å². The summed E-state index contributed by atoms with van der Waals surface area (Å²) in [5.41, 5.74) is 1.54. The van der Waals surface area contributed by atoms with E-state index in [9.17, 15) is 14.7 Å². The van der Waals surface area contributed by atoms with E-state index in [4.69, 9.17) is 22.1 Å². The second-order valence-electron chi connectivity index (χ2n) is 10.4. The number of aromatic nitrogens is 5. The highest BCUT2D eigenvalue weighted by molar-refractivity contribution is 7.71. The van der Waals surface area contributed by atoms with Crippen molar-refractivity contribution in [3.63, 3.8) is 0 Å². The van der Waals surface area contributed by atoms with E-state index in [1.807, 2.05) is 52.8 Å². The van der Waals surface area contributed by atoms with E-state index in [2.05, 4.69) is 9.88 Å². The number of ether oxygens (including phenoxy) is 1. The molecule has 0 amide bonds. The zero-order valence-corrected chi connectivity index (χ0v) is 25.0. The van der Waals surface area contributed by atoms with Crippen LogP contribution >= 0.6 is 12.2 Å². The summed E-state index contributed by atoms with van der Waals surface area (Å²) in [5, 5.41) is 14.4. The maximum Gasteiger partial charge on any atom is 0.341 e. The van der Waals surface area contributed by atoms with Crippen LogP contribution < -0.4 is 15.1 Å². The summed E-state index contributed by atoms with van der Waals surface area (Å²) in [6, 6.07) is 14.2. The second-order valence-corrected chi connectivity index (χ2v) is 10.8. The fourth-order valence-electron chi connectivity index (χ4n) is 5.53. The van der Waals surface area contributed by atoms with Gasteiger partial charge in [-0.2, -0.15) is 0 Å². The minimum atomic E-state index is -1.33. The van der Waals surface area contributed by atoms with Crippen LogP contribution in [0.15, 0.2) is 71.9 Å². The first-order valence-corrected chi connectivity index (χ1v) is 14.5. The molecule has 13 heteroatoms. The standard InChI is InChI=1S/C31H30FN7O4S/c1-3-36-18-24(30(41)42)28(40)23-16-25(32)27(17-26(23)36)37-14-12-35(13-15-37)19-38-31(44)39(21-4-6-22(43-2)7-5-21)29(34-38)20-8-10-33-11-9-20/h4-11,16-18H,3,12-15,19H2,1-2H3,(H,41,42). The monoisotopic (exact) mass is 615 g/mol. The molecule has 0 unspecified atom stereocenters. The number of nitrogens with zero attached hydrogens (tertiary/aromatic N) is 7. The van der Waals surface area contributed by atoms with Gasteiger partial charge < -0.3 is 19.3 Å². The molecule has 6 rings (SSSR count). The van der Waals surface area contributed by atoms with Gasteiger partial charge in [0.25, 0.3) is 0 Å². The van der Waals surface area contributed by atoms with Crippen LogP contribution in [-0.2, 0) is 13.2 Å². The molecular formula is C31H30FN7O4S. The topological polar surface area (TPSA) is 111 Å². The lowest BCUT2D eigenvalue weighted by Crippen LogP contribution is -2.47. The number of carbonyl (C=O) groups is 1. The Morgan fingerprint density at radius 3 is 2.41 bits per heavy atom. The molecule has 1 aliphatic rings. The smallest absolute Gasteiger partial charge is 0.341 e. The van der Waals surface area contributed by atoms with Crippen molar-refractivity contribution < 1.29 is 19.0 Å². The van der Waals surface area contributed by atoms with Gasteiger partial charge in [0.2, 0.25) is 10.2 Å². The lowest BCUT2D eigenvalue weighted by atomic mass is 10.1. The van der Waals surface area contributed by atoms with E-state index in [0.29, 0.717) is 61.2 Å². The minimum Gasteiger partial charge on any atom is -0.497 e. The largest absolute Gasteiger partial charge is 0.497 e. The van der Waals surface area contributed by atoms with Crippen molar-refractivity contribution in [2.45, 2.75) is 20.1 Å². The highest BCUT2D eigenvalue weighted by Gasteiger charge is 2.24. The van der Waals surface area contributed by atoms with E-state index in [-0.39, 0.29) is 10.9 Å². The number of aromatic carboxylic acids is 1.